The minimum absolute atomic E-state index is 0.109. The molecule has 2 rings (SSSR count). The van der Waals surface area contributed by atoms with Crippen molar-refractivity contribution in [1.82, 2.24) is 19.9 Å². The van der Waals surface area contributed by atoms with Gasteiger partial charge in [0.15, 0.2) is 0 Å². The summed E-state index contributed by atoms with van der Waals surface area (Å²) in [6.07, 6.45) is 5.00. The molecule has 2 aromatic rings. The van der Waals surface area contributed by atoms with Crippen LogP contribution in [0.1, 0.15) is 49.1 Å². The number of hydrogen-bond acceptors (Lipinski definition) is 3. The van der Waals surface area contributed by atoms with Crippen molar-refractivity contribution in [3.05, 3.63) is 47.3 Å². The maximum absolute atomic E-state index is 4.59. The van der Waals surface area contributed by atoms with Gasteiger partial charge in [0.05, 0.1) is 6.04 Å². The van der Waals surface area contributed by atoms with Crippen LogP contribution < -0.4 is 5.32 Å². The molecular weight excluding hydrogens is 248 g/mol. The lowest BCUT2D eigenvalue weighted by Crippen LogP contribution is -2.27. The van der Waals surface area contributed by atoms with Crippen LogP contribution in [0.3, 0.4) is 0 Å². The van der Waals surface area contributed by atoms with Crippen LogP contribution in [-0.4, -0.2) is 21.1 Å². The Morgan fingerprint density at radius 3 is 2.70 bits per heavy atom. The SMILES string of the molecule is CCCNC(c1ccc(C)nc1C)c1nccn1CC. The molecule has 0 aliphatic rings. The van der Waals surface area contributed by atoms with E-state index in [1.165, 1.54) is 5.56 Å². The Kier molecular flexibility index (Phi) is 4.90. The summed E-state index contributed by atoms with van der Waals surface area (Å²) < 4.78 is 2.19. The maximum Gasteiger partial charge on any atom is 0.130 e. The van der Waals surface area contributed by atoms with Gasteiger partial charge in [-0.2, -0.15) is 0 Å². The van der Waals surface area contributed by atoms with Crippen LogP contribution in [0.15, 0.2) is 24.5 Å². The fourth-order valence-electron chi connectivity index (χ4n) is 2.48. The van der Waals surface area contributed by atoms with Crippen molar-refractivity contribution in [2.75, 3.05) is 6.54 Å². The lowest BCUT2D eigenvalue weighted by molar-refractivity contribution is 0.538. The topological polar surface area (TPSA) is 42.7 Å². The van der Waals surface area contributed by atoms with Crippen molar-refractivity contribution < 1.29 is 0 Å². The number of aryl methyl sites for hydroxylation is 3. The molecule has 4 nitrogen and oxygen atoms in total. The molecule has 0 fully saturated rings. The second kappa shape index (κ2) is 6.66. The number of nitrogens with zero attached hydrogens (tertiary/aromatic N) is 3. The van der Waals surface area contributed by atoms with Crippen LogP contribution in [0.5, 0.6) is 0 Å². The van der Waals surface area contributed by atoms with E-state index in [1.807, 2.05) is 19.3 Å². The lowest BCUT2D eigenvalue weighted by atomic mass is 10.0. The van der Waals surface area contributed by atoms with Crippen LogP contribution in [-0.2, 0) is 6.54 Å². The van der Waals surface area contributed by atoms with E-state index in [9.17, 15) is 0 Å². The van der Waals surface area contributed by atoms with Crippen molar-refractivity contribution in [1.29, 1.82) is 0 Å². The fourth-order valence-corrected chi connectivity index (χ4v) is 2.48. The predicted molar refractivity (Wildman–Crippen MR) is 81.7 cm³/mol. The molecule has 2 heterocycles. The number of nitrogens with one attached hydrogen (secondary N) is 1. The average molecular weight is 272 g/mol. The molecule has 2 aromatic heterocycles. The van der Waals surface area contributed by atoms with Crippen LogP contribution in [0.2, 0.25) is 0 Å². The predicted octanol–water partition coefficient (Wildman–Crippen LogP) is 3.00. The first-order valence-electron chi connectivity index (χ1n) is 7.35. The number of imidazole rings is 1. The Balaban J connectivity index is 2.41. The molecule has 20 heavy (non-hydrogen) atoms. The molecule has 0 bridgehead atoms. The van der Waals surface area contributed by atoms with E-state index in [-0.39, 0.29) is 6.04 Å². The Labute approximate surface area is 121 Å². The summed E-state index contributed by atoms with van der Waals surface area (Å²) in [5.74, 6) is 1.06. The van der Waals surface area contributed by atoms with E-state index in [0.29, 0.717) is 0 Å². The summed E-state index contributed by atoms with van der Waals surface area (Å²) >= 11 is 0. The van der Waals surface area contributed by atoms with Gasteiger partial charge >= 0.3 is 0 Å². The third kappa shape index (κ3) is 3.07. The highest BCUT2D eigenvalue weighted by atomic mass is 15.1. The molecule has 0 saturated heterocycles. The lowest BCUT2D eigenvalue weighted by Gasteiger charge is -2.21. The molecule has 0 aliphatic heterocycles. The highest BCUT2D eigenvalue weighted by Gasteiger charge is 2.20. The summed E-state index contributed by atoms with van der Waals surface area (Å²) in [5, 5.41) is 3.60. The number of rotatable bonds is 6. The van der Waals surface area contributed by atoms with Crippen LogP contribution in [0.4, 0.5) is 0 Å². The molecule has 0 amide bonds. The summed E-state index contributed by atoms with van der Waals surface area (Å²) in [6, 6.07) is 4.35. The van der Waals surface area contributed by atoms with Crippen LogP contribution in [0, 0.1) is 13.8 Å². The third-order valence-electron chi connectivity index (χ3n) is 3.52. The van der Waals surface area contributed by atoms with Crippen molar-refractivity contribution >= 4 is 0 Å². The van der Waals surface area contributed by atoms with E-state index >= 15 is 0 Å². The van der Waals surface area contributed by atoms with Crippen molar-refractivity contribution in [2.24, 2.45) is 0 Å². The third-order valence-corrected chi connectivity index (χ3v) is 3.52. The zero-order chi connectivity index (χ0) is 14.5. The van der Waals surface area contributed by atoms with Crippen molar-refractivity contribution in [3.63, 3.8) is 0 Å². The fraction of sp³-hybridized carbons (Fsp3) is 0.500. The molecule has 1 atom stereocenters. The second-order valence-electron chi connectivity index (χ2n) is 5.09. The molecule has 108 valence electrons. The largest absolute Gasteiger partial charge is 0.334 e. The van der Waals surface area contributed by atoms with Crippen molar-refractivity contribution in [3.8, 4) is 0 Å². The average Bonchev–Trinajstić information content (AvgIpc) is 2.89. The summed E-state index contributed by atoms with van der Waals surface area (Å²) in [4.78, 5) is 9.14. The molecule has 1 unspecified atom stereocenters. The van der Waals surface area contributed by atoms with Gasteiger partial charge in [0.25, 0.3) is 0 Å². The molecule has 0 saturated carbocycles. The van der Waals surface area contributed by atoms with E-state index < -0.39 is 0 Å². The highest BCUT2D eigenvalue weighted by molar-refractivity contribution is 5.30. The second-order valence-corrected chi connectivity index (χ2v) is 5.09. The van der Waals surface area contributed by atoms with Gasteiger partial charge in [-0.3, -0.25) is 4.98 Å². The van der Waals surface area contributed by atoms with E-state index in [2.05, 4.69) is 52.8 Å². The van der Waals surface area contributed by atoms with Gasteiger partial charge in [0.2, 0.25) is 0 Å². The van der Waals surface area contributed by atoms with Crippen molar-refractivity contribution in [2.45, 2.75) is 46.7 Å². The van der Waals surface area contributed by atoms with Crippen LogP contribution >= 0.6 is 0 Å². The first-order valence-corrected chi connectivity index (χ1v) is 7.35. The van der Waals surface area contributed by atoms with Gasteiger partial charge in [-0.15, -0.1) is 0 Å². The van der Waals surface area contributed by atoms with Gasteiger partial charge in [0, 0.05) is 30.3 Å². The number of aromatic nitrogens is 3. The molecule has 1 N–H and O–H groups in total. The monoisotopic (exact) mass is 272 g/mol. The normalized spacial score (nSPS) is 12.6. The van der Waals surface area contributed by atoms with Gasteiger partial charge in [-0.1, -0.05) is 13.0 Å². The van der Waals surface area contributed by atoms with Gasteiger partial charge in [-0.05, 0) is 45.4 Å². The van der Waals surface area contributed by atoms with E-state index in [4.69, 9.17) is 0 Å². The highest BCUT2D eigenvalue weighted by Crippen LogP contribution is 2.23. The minimum Gasteiger partial charge on any atom is -0.334 e. The zero-order valence-electron chi connectivity index (χ0n) is 12.8. The molecular formula is C16H24N4. The van der Waals surface area contributed by atoms with Gasteiger partial charge in [0.1, 0.15) is 5.82 Å². The van der Waals surface area contributed by atoms with Crippen LogP contribution in [0.25, 0.3) is 0 Å². The summed E-state index contributed by atoms with van der Waals surface area (Å²) in [5.41, 5.74) is 3.34. The molecule has 0 aromatic carbocycles. The molecule has 0 spiro atoms. The first kappa shape index (κ1) is 14.7. The molecule has 0 aliphatic carbocycles. The maximum atomic E-state index is 4.59. The van der Waals surface area contributed by atoms with Gasteiger partial charge in [-0.25, -0.2) is 4.98 Å². The summed E-state index contributed by atoms with van der Waals surface area (Å²) in [7, 11) is 0. The van der Waals surface area contributed by atoms with E-state index in [0.717, 1.165) is 36.7 Å². The summed E-state index contributed by atoms with van der Waals surface area (Å²) in [6.45, 7) is 10.3. The smallest absolute Gasteiger partial charge is 0.130 e. The Bertz CT molecular complexity index is 559. The minimum atomic E-state index is 0.109. The van der Waals surface area contributed by atoms with E-state index in [1.54, 1.807) is 0 Å². The standard InChI is InChI=1S/C16H24N4/c1-5-9-17-15(16-18-10-11-20(16)6-2)14-8-7-12(3)19-13(14)4/h7-8,10-11,15,17H,5-6,9H2,1-4H3. The number of hydrogen-bond donors (Lipinski definition) is 1. The Morgan fingerprint density at radius 1 is 1.25 bits per heavy atom. The molecule has 4 heteroatoms. The first-order chi connectivity index (χ1) is 9.67. The van der Waals surface area contributed by atoms with Gasteiger partial charge < -0.3 is 9.88 Å². The Hall–Kier alpha value is -1.68. The Morgan fingerprint density at radius 2 is 2.05 bits per heavy atom. The quantitative estimate of drug-likeness (QED) is 0.879. The zero-order valence-corrected chi connectivity index (χ0v) is 12.8. The number of pyridine rings is 1. The molecule has 0 radical (unpaired) electrons.